The summed E-state index contributed by atoms with van der Waals surface area (Å²) in [6.07, 6.45) is 2.90. The van der Waals surface area contributed by atoms with Crippen molar-refractivity contribution in [2.45, 2.75) is 42.7 Å². The Bertz CT molecular complexity index is 1400. The summed E-state index contributed by atoms with van der Waals surface area (Å²) >= 11 is 0. The minimum atomic E-state index is -0.214. The van der Waals surface area contributed by atoms with Crippen LogP contribution >= 0.6 is 0 Å². The quantitative estimate of drug-likeness (QED) is 0.272. The lowest BCUT2D eigenvalue weighted by Crippen LogP contribution is -2.65. The summed E-state index contributed by atoms with van der Waals surface area (Å²) in [6, 6.07) is 35.9. The summed E-state index contributed by atoms with van der Waals surface area (Å²) in [7, 11) is 0. The molecule has 1 heterocycles. The lowest BCUT2D eigenvalue weighted by atomic mass is 9.51. The minimum Gasteiger partial charge on any atom is -0.458 e. The van der Waals surface area contributed by atoms with Crippen molar-refractivity contribution in [3.8, 4) is 0 Å². The van der Waals surface area contributed by atoms with E-state index in [0.717, 1.165) is 56.3 Å². The molecule has 3 aliphatic carbocycles. The fraction of sp³-hybridized carbons (Fsp3) is 0.343. The van der Waals surface area contributed by atoms with Crippen LogP contribution in [0.3, 0.4) is 0 Å². The number of hydrogen-bond acceptors (Lipinski definition) is 4. The second kappa shape index (κ2) is 10.3. The van der Waals surface area contributed by atoms with Gasteiger partial charge in [0.05, 0.1) is 18.8 Å². The number of morpholine rings is 1. The first-order valence-corrected chi connectivity index (χ1v) is 14.3. The summed E-state index contributed by atoms with van der Waals surface area (Å²) in [6.45, 7) is 3.38. The molecule has 3 atom stereocenters. The Hall–Kier alpha value is -3.47. The summed E-state index contributed by atoms with van der Waals surface area (Å²) in [5.41, 5.74) is 3.30. The van der Waals surface area contributed by atoms with Crippen LogP contribution in [0.5, 0.6) is 0 Å². The van der Waals surface area contributed by atoms with E-state index >= 15 is 0 Å². The number of carbonyl (C=O) groups is 1. The van der Waals surface area contributed by atoms with Gasteiger partial charge in [0.25, 0.3) is 0 Å². The number of rotatable bonds is 5. The monoisotopic (exact) mass is 517 g/mol. The topological polar surface area (TPSA) is 38.8 Å². The third-order valence-electron chi connectivity index (χ3n) is 9.52. The van der Waals surface area contributed by atoms with Crippen LogP contribution in [-0.4, -0.2) is 48.8 Å². The molecule has 198 valence electrons. The predicted molar refractivity (Wildman–Crippen MR) is 154 cm³/mol. The van der Waals surface area contributed by atoms with Gasteiger partial charge in [-0.05, 0) is 58.7 Å². The number of fused-ring (bicyclic) bond motifs is 4. The van der Waals surface area contributed by atoms with Gasteiger partial charge >= 0.3 is 5.97 Å². The molecule has 8 rings (SSSR count). The molecule has 39 heavy (non-hydrogen) atoms. The summed E-state index contributed by atoms with van der Waals surface area (Å²) in [5, 5.41) is 2.19. The third-order valence-corrected chi connectivity index (χ3v) is 9.52. The second-order valence-electron chi connectivity index (χ2n) is 11.6. The normalized spacial score (nSPS) is 28.8. The van der Waals surface area contributed by atoms with Gasteiger partial charge in [0, 0.05) is 31.0 Å². The first kappa shape index (κ1) is 24.6. The molecule has 4 fully saturated rings. The van der Waals surface area contributed by atoms with Crippen LogP contribution in [0.1, 0.15) is 52.6 Å². The van der Waals surface area contributed by atoms with Gasteiger partial charge in [-0.1, -0.05) is 91.0 Å². The van der Waals surface area contributed by atoms with E-state index in [4.69, 9.17) is 9.47 Å². The van der Waals surface area contributed by atoms with Crippen molar-refractivity contribution >= 4 is 16.7 Å². The molecule has 2 bridgehead atoms. The van der Waals surface area contributed by atoms with Gasteiger partial charge in [0.2, 0.25) is 0 Å². The average molecular weight is 518 g/mol. The van der Waals surface area contributed by atoms with Crippen LogP contribution in [0.2, 0.25) is 0 Å². The first-order valence-electron chi connectivity index (χ1n) is 14.3. The highest BCUT2D eigenvalue weighted by atomic mass is 16.5. The van der Waals surface area contributed by atoms with Crippen molar-refractivity contribution in [3.63, 3.8) is 0 Å². The molecule has 4 aromatic carbocycles. The molecule has 4 nitrogen and oxygen atoms in total. The SMILES string of the molecule is O=C(O[C@@H]1CC2(N3CCOCC3)C[C@@H](c3ccccc3)C1[C@H](c1ccccc1)C2)c1ccc2ccccc2c1. The zero-order valence-electron chi connectivity index (χ0n) is 22.2. The van der Waals surface area contributed by atoms with Gasteiger partial charge in [-0.25, -0.2) is 4.79 Å². The van der Waals surface area contributed by atoms with E-state index in [1.807, 2.05) is 30.3 Å². The lowest BCUT2D eigenvalue weighted by molar-refractivity contribution is -0.130. The fourth-order valence-corrected chi connectivity index (χ4v) is 7.80. The summed E-state index contributed by atoms with van der Waals surface area (Å²) in [4.78, 5) is 16.4. The van der Waals surface area contributed by atoms with Gasteiger partial charge < -0.3 is 9.47 Å². The van der Waals surface area contributed by atoms with Gasteiger partial charge in [-0.15, -0.1) is 0 Å². The molecule has 1 saturated heterocycles. The number of nitrogens with zero attached hydrogens (tertiary/aromatic N) is 1. The zero-order valence-corrected chi connectivity index (χ0v) is 22.2. The highest BCUT2D eigenvalue weighted by molar-refractivity contribution is 5.95. The molecular formula is C35H35NO3. The second-order valence-corrected chi connectivity index (χ2v) is 11.6. The summed E-state index contributed by atoms with van der Waals surface area (Å²) in [5.74, 6) is 0.642. The Balaban J connectivity index is 1.29. The minimum absolute atomic E-state index is 0.0339. The van der Waals surface area contributed by atoms with E-state index in [1.165, 1.54) is 11.1 Å². The van der Waals surface area contributed by atoms with Crippen LogP contribution < -0.4 is 0 Å². The van der Waals surface area contributed by atoms with Crippen LogP contribution in [0, 0.1) is 5.92 Å². The maximum Gasteiger partial charge on any atom is 0.338 e. The number of ether oxygens (including phenoxy) is 2. The van der Waals surface area contributed by atoms with Crippen molar-refractivity contribution in [1.29, 1.82) is 0 Å². The van der Waals surface area contributed by atoms with Gasteiger partial charge in [-0.3, -0.25) is 4.90 Å². The molecule has 0 radical (unpaired) electrons. The molecule has 0 spiro atoms. The number of benzene rings is 4. The Morgan fingerprint density at radius 1 is 0.718 bits per heavy atom. The third kappa shape index (κ3) is 4.56. The predicted octanol–water partition coefficient (Wildman–Crippen LogP) is 6.82. The highest BCUT2D eigenvalue weighted by Crippen LogP contribution is 2.60. The molecule has 0 amide bonds. The maximum absolute atomic E-state index is 13.7. The average Bonchev–Trinajstić information content (AvgIpc) is 3.02. The van der Waals surface area contributed by atoms with Gasteiger partial charge in [0.15, 0.2) is 0 Å². The van der Waals surface area contributed by atoms with Crippen LogP contribution in [-0.2, 0) is 9.47 Å². The molecule has 3 saturated carbocycles. The van der Waals surface area contributed by atoms with E-state index < -0.39 is 0 Å². The number of esters is 1. The fourth-order valence-electron chi connectivity index (χ4n) is 7.80. The molecule has 0 aromatic heterocycles. The largest absolute Gasteiger partial charge is 0.458 e. The van der Waals surface area contributed by atoms with Gasteiger partial charge in [0.1, 0.15) is 6.10 Å². The van der Waals surface area contributed by atoms with Crippen LogP contribution in [0.15, 0.2) is 103 Å². The van der Waals surface area contributed by atoms with E-state index in [9.17, 15) is 4.79 Å². The van der Waals surface area contributed by atoms with E-state index in [-0.39, 0.29) is 23.5 Å². The van der Waals surface area contributed by atoms with E-state index in [0.29, 0.717) is 17.4 Å². The molecule has 4 aliphatic rings. The standard InChI is InChI=1S/C35H35NO3/c37-34(29-16-15-25-9-7-8-14-28(25)21-29)39-32-24-35(36-17-19-38-20-18-36)22-30(26-10-3-1-4-11-26)33(32)31(23-35)27-12-5-2-6-13-27/h1-16,21,30-33H,17-20,22-24H2/t30-,31-,32+,33?,35?/m0/s1. The van der Waals surface area contributed by atoms with E-state index in [1.54, 1.807) is 0 Å². The molecular weight excluding hydrogens is 482 g/mol. The van der Waals surface area contributed by atoms with E-state index in [2.05, 4.69) is 77.7 Å². The Morgan fingerprint density at radius 3 is 1.95 bits per heavy atom. The maximum atomic E-state index is 13.7. The molecule has 4 aromatic rings. The van der Waals surface area contributed by atoms with Crippen molar-refractivity contribution in [2.75, 3.05) is 26.3 Å². The highest BCUT2D eigenvalue weighted by Gasteiger charge is 2.59. The van der Waals surface area contributed by atoms with Crippen molar-refractivity contribution in [2.24, 2.45) is 5.92 Å². The van der Waals surface area contributed by atoms with Crippen molar-refractivity contribution < 1.29 is 14.3 Å². The molecule has 0 unspecified atom stereocenters. The Labute approximate surface area is 230 Å². The molecule has 4 heteroatoms. The Kier molecular flexibility index (Phi) is 6.46. The van der Waals surface area contributed by atoms with Crippen LogP contribution in [0.25, 0.3) is 10.8 Å². The lowest BCUT2D eigenvalue weighted by Gasteiger charge is -2.62. The smallest absolute Gasteiger partial charge is 0.338 e. The molecule has 0 N–H and O–H groups in total. The number of carbonyl (C=O) groups excluding carboxylic acids is 1. The number of hydrogen-bond donors (Lipinski definition) is 0. The molecule has 1 aliphatic heterocycles. The van der Waals surface area contributed by atoms with Crippen molar-refractivity contribution in [3.05, 3.63) is 120 Å². The summed E-state index contributed by atoms with van der Waals surface area (Å²) < 4.78 is 12.4. The van der Waals surface area contributed by atoms with Crippen LogP contribution in [0.4, 0.5) is 0 Å². The van der Waals surface area contributed by atoms with Gasteiger partial charge in [-0.2, -0.15) is 0 Å². The zero-order chi connectivity index (χ0) is 26.2. The first-order chi connectivity index (χ1) is 19.2. The van der Waals surface area contributed by atoms with Crippen molar-refractivity contribution in [1.82, 2.24) is 4.90 Å². The Morgan fingerprint density at radius 2 is 1.31 bits per heavy atom.